The fourth-order valence-corrected chi connectivity index (χ4v) is 3.29. The molecule has 0 saturated heterocycles. The Labute approximate surface area is 194 Å². The van der Waals surface area contributed by atoms with Gasteiger partial charge < -0.3 is 19.5 Å². The first-order valence-electron chi connectivity index (χ1n) is 9.60. The number of amides is 3. The fraction of sp³-hybridized carbons (Fsp3) is 0.190. The number of nitro benzene ring substituents is 1. The molecule has 184 valence electrons. The third kappa shape index (κ3) is 5.06. The summed E-state index contributed by atoms with van der Waals surface area (Å²) in [6, 6.07) is 2.19. The predicted molar refractivity (Wildman–Crippen MR) is 109 cm³/mol. The number of carbonyl (C=O) groups excluding carboxylic acids is 3. The molecule has 35 heavy (non-hydrogen) atoms. The van der Waals surface area contributed by atoms with Crippen LogP contribution < -0.4 is 10.1 Å². The van der Waals surface area contributed by atoms with E-state index in [-0.39, 0.29) is 23.7 Å². The zero-order chi connectivity index (χ0) is 25.9. The molecule has 1 N–H and O–H groups in total. The van der Waals surface area contributed by atoms with Gasteiger partial charge >= 0.3 is 18.1 Å². The Hall–Kier alpha value is -4.46. The van der Waals surface area contributed by atoms with Gasteiger partial charge in [-0.2, -0.15) is 0 Å². The molecule has 1 unspecified atom stereocenters. The number of ether oxygens (including phenoxy) is 3. The minimum atomic E-state index is -1.82. The molecule has 0 bridgehead atoms. The second-order valence-electron chi connectivity index (χ2n) is 6.94. The van der Waals surface area contributed by atoms with E-state index in [4.69, 9.17) is 14.2 Å². The van der Waals surface area contributed by atoms with Gasteiger partial charge in [-0.1, -0.05) is 0 Å². The highest BCUT2D eigenvalue weighted by Crippen LogP contribution is 2.36. The Kier molecular flexibility index (Phi) is 7.34. The summed E-state index contributed by atoms with van der Waals surface area (Å²) in [4.78, 5) is 48.9. The number of nitrogens with one attached hydrogen (secondary N) is 1. The fourth-order valence-electron chi connectivity index (χ4n) is 3.29. The van der Waals surface area contributed by atoms with E-state index >= 15 is 0 Å². The zero-order valence-electron chi connectivity index (χ0n) is 18.0. The standard InChI is InChI=1S/C21H16F3N3O8/c1-33-9-15-16(19(28)34-2)18(10-7-13(22)17(24)14(23)8-10)26(20(29)25-15)21(30)35-12-5-3-11(4-6-12)27(31)32/h3-8,18H,9H2,1-2H3,(H,25,29). The number of esters is 1. The van der Waals surface area contributed by atoms with Crippen molar-refractivity contribution < 1.29 is 46.7 Å². The van der Waals surface area contributed by atoms with E-state index in [0.29, 0.717) is 17.0 Å². The molecule has 0 radical (unpaired) electrons. The molecule has 1 atom stereocenters. The van der Waals surface area contributed by atoms with Crippen LogP contribution >= 0.6 is 0 Å². The van der Waals surface area contributed by atoms with Gasteiger partial charge in [0.2, 0.25) is 0 Å². The maximum atomic E-state index is 14.1. The van der Waals surface area contributed by atoms with E-state index in [2.05, 4.69) is 5.32 Å². The van der Waals surface area contributed by atoms with Crippen molar-refractivity contribution in [3.8, 4) is 5.75 Å². The van der Waals surface area contributed by atoms with Crippen molar-refractivity contribution in [3.05, 3.63) is 80.8 Å². The summed E-state index contributed by atoms with van der Waals surface area (Å²) in [6.45, 7) is -0.371. The number of nitro groups is 1. The van der Waals surface area contributed by atoms with Crippen LogP contribution in [0.1, 0.15) is 11.6 Å². The molecule has 0 aromatic heterocycles. The molecule has 11 nitrogen and oxygen atoms in total. The lowest BCUT2D eigenvalue weighted by atomic mass is 9.93. The van der Waals surface area contributed by atoms with Gasteiger partial charge in [0.1, 0.15) is 11.8 Å². The summed E-state index contributed by atoms with van der Waals surface area (Å²) >= 11 is 0. The van der Waals surface area contributed by atoms with Crippen molar-refractivity contribution in [2.45, 2.75) is 6.04 Å². The molecule has 3 rings (SSSR count). The number of non-ortho nitro benzene ring substituents is 1. The number of urea groups is 1. The number of hydrogen-bond acceptors (Lipinski definition) is 8. The van der Waals surface area contributed by atoms with Crippen LogP contribution in [0.15, 0.2) is 47.7 Å². The first kappa shape index (κ1) is 25.2. The first-order chi connectivity index (χ1) is 16.6. The van der Waals surface area contributed by atoms with Crippen LogP contribution in [-0.2, 0) is 14.3 Å². The third-order valence-corrected chi connectivity index (χ3v) is 4.80. The largest absolute Gasteiger partial charge is 0.466 e. The number of carbonyl (C=O) groups is 3. The number of halogens is 3. The summed E-state index contributed by atoms with van der Waals surface area (Å²) in [6.07, 6.45) is -1.43. The van der Waals surface area contributed by atoms with Crippen LogP contribution in [0.25, 0.3) is 0 Å². The second kappa shape index (κ2) is 10.2. The quantitative estimate of drug-likeness (QED) is 0.279. The highest BCUT2D eigenvalue weighted by Gasteiger charge is 2.44. The van der Waals surface area contributed by atoms with E-state index < -0.39 is 57.6 Å². The van der Waals surface area contributed by atoms with E-state index in [0.717, 1.165) is 31.4 Å². The molecule has 0 fully saturated rings. The molecule has 1 aliphatic rings. The molecule has 0 saturated carbocycles. The SMILES string of the molecule is COCC1=C(C(=O)OC)C(c2cc(F)c(F)c(F)c2)N(C(=O)Oc2ccc([N+](=O)[O-])cc2)C(=O)N1. The van der Waals surface area contributed by atoms with Gasteiger partial charge in [-0.3, -0.25) is 10.1 Å². The predicted octanol–water partition coefficient (Wildman–Crippen LogP) is 3.35. The maximum Gasteiger partial charge on any atom is 0.424 e. The highest BCUT2D eigenvalue weighted by atomic mass is 19.2. The second-order valence-corrected chi connectivity index (χ2v) is 6.94. The van der Waals surface area contributed by atoms with Gasteiger partial charge in [0, 0.05) is 19.2 Å². The van der Waals surface area contributed by atoms with Crippen LogP contribution in [0.5, 0.6) is 5.75 Å². The lowest BCUT2D eigenvalue weighted by Crippen LogP contribution is -2.53. The smallest absolute Gasteiger partial charge is 0.424 e. The molecular weight excluding hydrogens is 479 g/mol. The Morgan fingerprint density at radius 2 is 1.71 bits per heavy atom. The molecule has 2 aromatic carbocycles. The van der Waals surface area contributed by atoms with Gasteiger partial charge in [-0.05, 0) is 29.8 Å². The van der Waals surface area contributed by atoms with Gasteiger partial charge in [0.15, 0.2) is 17.5 Å². The summed E-state index contributed by atoms with van der Waals surface area (Å²) in [5.74, 6) is -6.43. The maximum absolute atomic E-state index is 14.1. The molecule has 1 heterocycles. The van der Waals surface area contributed by atoms with Crippen molar-refractivity contribution in [3.63, 3.8) is 0 Å². The summed E-state index contributed by atoms with van der Waals surface area (Å²) in [5, 5.41) is 13.1. The molecule has 1 aliphatic heterocycles. The van der Waals surface area contributed by atoms with Gasteiger partial charge in [-0.25, -0.2) is 32.5 Å². The first-order valence-corrected chi connectivity index (χ1v) is 9.60. The third-order valence-electron chi connectivity index (χ3n) is 4.80. The lowest BCUT2D eigenvalue weighted by Gasteiger charge is -2.36. The topological polar surface area (TPSA) is 137 Å². The number of benzene rings is 2. The number of methoxy groups -OCH3 is 2. The highest BCUT2D eigenvalue weighted by molar-refractivity contribution is 6.01. The summed E-state index contributed by atoms with van der Waals surface area (Å²) < 4.78 is 56.5. The number of hydrogen-bond donors (Lipinski definition) is 1. The lowest BCUT2D eigenvalue weighted by molar-refractivity contribution is -0.384. The molecule has 14 heteroatoms. The van der Waals surface area contributed by atoms with E-state index in [9.17, 15) is 37.7 Å². The normalized spacial score (nSPS) is 15.5. The molecule has 2 aromatic rings. The van der Waals surface area contributed by atoms with Crippen molar-refractivity contribution >= 4 is 23.8 Å². The van der Waals surface area contributed by atoms with E-state index in [1.165, 1.54) is 7.11 Å². The van der Waals surface area contributed by atoms with Gasteiger partial charge in [0.25, 0.3) is 5.69 Å². The van der Waals surface area contributed by atoms with E-state index in [1.807, 2.05) is 0 Å². The van der Waals surface area contributed by atoms with Crippen LogP contribution in [0.4, 0.5) is 28.4 Å². The summed E-state index contributed by atoms with van der Waals surface area (Å²) in [5.41, 5.74) is -1.43. The monoisotopic (exact) mass is 495 g/mol. The number of rotatable bonds is 6. The zero-order valence-corrected chi connectivity index (χ0v) is 18.0. The number of nitrogens with zero attached hydrogens (tertiary/aromatic N) is 2. The van der Waals surface area contributed by atoms with Gasteiger partial charge in [-0.15, -0.1) is 0 Å². The van der Waals surface area contributed by atoms with Crippen LogP contribution in [0.2, 0.25) is 0 Å². The van der Waals surface area contributed by atoms with Crippen molar-refractivity contribution in [2.24, 2.45) is 0 Å². The Balaban J connectivity index is 2.13. The van der Waals surface area contributed by atoms with Crippen LogP contribution in [-0.4, -0.2) is 48.7 Å². The molecule has 0 spiro atoms. The molecule has 0 aliphatic carbocycles. The molecule has 3 amide bonds. The minimum Gasteiger partial charge on any atom is -0.466 e. The average molecular weight is 495 g/mol. The molecular formula is C21H16F3N3O8. The Morgan fingerprint density at radius 3 is 2.23 bits per heavy atom. The van der Waals surface area contributed by atoms with Crippen LogP contribution in [0.3, 0.4) is 0 Å². The minimum absolute atomic E-state index is 0.182. The number of imide groups is 1. The van der Waals surface area contributed by atoms with Gasteiger partial charge in [0.05, 0.1) is 29.9 Å². The Morgan fingerprint density at radius 1 is 1.11 bits per heavy atom. The summed E-state index contributed by atoms with van der Waals surface area (Å²) in [7, 11) is 2.22. The average Bonchev–Trinajstić information content (AvgIpc) is 2.81. The van der Waals surface area contributed by atoms with E-state index in [1.54, 1.807) is 0 Å². The van der Waals surface area contributed by atoms with Crippen molar-refractivity contribution in [1.82, 2.24) is 10.2 Å². The Bertz CT molecular complexity index is 1210. The van der Waals surface area contributed by atoms with Crippen LogP contribution in [0, 0.1) is 27.6 Å². The van der Waals surface area contributed by atoms with Crippen molar-refractivity contribution in [1.29, 1.82) is 0 Å². The van der Waals surface area contributed by atoms with Crippen molar-refractivity contribution in [2.75, 3.05) is 20.8 Å².